The van der Waals surface area contributed by atoms with Gasteiger partial charge in [-0.15, -0.1) is 13.2 Å². The van der Waals surface area contributed by atoms with E-state index in [1.165, 1.54) is 69.8 Å². The van der Waals surface area contributed by atoms with Gasteiger partial charge in [0.15, 0.2) is 6.34 Å². The fourth-order valence-electron chi connectivity index (χ4n) is 5.40. The van der Waals surface area contributed by atoms with E-state index >= 15 is 0 Å². The molecule has 0 aliphatic carbocycles. The lowest BCUT2D eigenvalue weighted by Crippen LogP contribution is -3.00. The maximum atomic E-state index is 5.03. The van der Waals surface area contributed by atoms with Crippen molar-refractivity contribution in [3.05, 3.63) is 91.5 Å². The molecule has 0 aliphatic rings. The maximum absolute atomic E-state index is 5.03. The lowest BCUT2D eigenvalue weighted by Gasteiger charge is -2.41. The van der Waals surface area contributed by atoms with Gasteiger partial charge in [0.25, 0.3) is 0 Å². The van der Waals surface area contributed by atoms with Crippen LogP contribution in [-0.4, -0.2) is 30.0 Å². The van der Waals surface area contributed by atoms with Crippen molar-refractivity contribution in [3.63, 3.8) is 0 Å². The molecule has 2 aromatic carbocycles. The molecule has 38 heavy (non-hydrogen) atoms. The predicted octanol–water partition coefficient (Wildman–Crippen LogP) is 7.24. The number of rotatable bonds is 22. The lowest BCUT2D eigenvalue weighted by atomic mass is 10.0. The molecule has 1 unspecified atom stereocenters. The molecule has 0 N–H and O–H groups in total. The summed E-state index contributed by atoms with van der Waals surface area (Å²) in [5.74, 6) is 0. The third kappa shape index (κ3) is 13.6. The highest BCUT2D eigenvalue weighted by molar-refractivity contribution is 5.55. The summed E-state index contributed by atoms with van der Waals surface area (Å²) < 4.78 is 0.913. The van der Waals surface area contributed by atoms with Gasteiger partial charge in [-0.05, 0) is 37.0 Å². The molecule has 210 valence electrons. The van der Waals surface area contributed by atoms with Gasteiger partial charge in [-0.2, -0.15) is 0 Å². The van der Waals surface area contributed by atoms with E-state index in [0.29, 0.717) is 6.04 Å². The van der Waals surface area contributed by atoms with E-state index in [4.69, 9.17) is 4.99 Å². The van der Waals surface area contributed by atoms with Crippen LogP contribution in [-0.2, 0) is 6.42 Å². The first kappa shape index (κ1) is 33.9. The first-order valence-electron chi connectivity index (χ1n) is 15.0. The fraction of sp³-hybridized carbons (Fsp3) is 0.514. The molecule has 0 saturated carbocycles. The van der Waals surface area contributed by atoms with Gasteiger partial charge in [-0.25, -0.2) is 4.99 Å². The van der Waals surface area contributed by atoms with Crippen LogP contribution in [0.1, 0.15) is 96.0 Å². The standard InChI is InChI=1S/C35H53N2.ClH/c1-4-7-8-9-10-11-12-13-14-21-30-37(35(23-5-2)24-6-3,32-36-34-28-19-16-20-29-34)31-22-27-33-25-17-15-18-26-33;/h5-6,15-20,25-26,28-29,32,35H,2-4,7-14,21-24,27,30-31H2,1H3;1H/q+1;/p-1. The minimum Gasteiger partial charge on any atom is -1.00 e. The van der Waals surface area contributed by atoms with Crippen LogP contribution >= 0.6 is 0 Å². The summed E-state index contributed by atoms with van der Waals surface area (Å²) in [5, 5.41) is 0. The van der Waals surface area contributed by atoms with Crippen molar-refractivity contribution in [1.82, 2.24) is 0 Å². The van der Waals surface area contributed by atoms with Crippen LogP contribution in [0.3, 0.4) is 0 Å². The number of para-hydroxylation sites is 1. The van der Waals surface area contributed by atoms with Gasteiger partial charge in [-0.1, -0.05) is 119 Å². The van der Waals surface area contributed by atoms with Gasteiger partial charge in [0.05, 0.1) is 18.8 Å². The van der Waals surface area contributed by atoms with Crippen LogP contribution in [0.2, 0.25) is 0 Å². The van der Waals surface area contributed by atoms with E-state index in [1.807, 2.05) is 0 Å². The normalized spacial score (nSPS) is 12.8. The summed E-state index contributed by atoms with van der Waals surface area (Å²) in [6.07, 6.45) is 24.3. The Labute approximate surface area is 241 Å². The molecule has 0 amide bonds. The number of hydrogen-bond donors (Lipinski definition) is 0. The van der Waals surface area contributed by atoms with Crippen LogP contribution < -0.4 is 12.4 Å². The van der Waals surface area contributed by atoms with Crippen molar-refractivity contribution in [2.45, 2.75) is 103 Å². The number of halogens is 1. The second-order valence-electron chi connectivity index (χ2n) is 10.6. The van der Waals surface area contributed by atoms with Crippen LogP contribution in [0.5, 0.6) is 0 Å². The van der Waals surface area contributed by atoms with Crippen molar-refractivity contribution in [1.29, 1.82) is 0 Å². The van der Waals surface area contributed by atoms with E-state index < -0.39 is 0 Å². The third-order valence-corrected chi connectivity index (χ3v) is 7.61. The third-order valence-electron chi connectivity index (χ3n) is 7.61. The predicted molar refractivity (Wildman–Crippen MR) is 165 cm³/mol. The summed E-state index contributed by atoms with van der Waals surface area (Å²) >= 11 is 0. The summed E-state index contributed by atoms with van der Waals surface area (Å²) in [6, 6.07) is 21.7. The first-order chi connectivity index (χ1) is 18.2. The molecule has 2 nitrogen and oxygen atoms in total. The Morgan fingerprint density at radius 3 is 1.74 bits per heavy atom. The minimum atomic E-state index is 0. The molecule has 0 fully saturated rings. The topological polar surface area (TPSA) is 12.4 Å². The van der Waals surface area contributed by atoms with Crippen molar-refractivity contribution in [3.8, 4) is 0 Å². The molecule has 1 atom stereocenters. The van der Waals surface area contributed by atoms with E-state index in [-0.39, 0.29) is 12.4 Å². The molecule has 2 aromatic rings. The molecule has 0 radical (unpaired) electrons. The molecule has 0 heterocycles. The summed E-state index contributed by atoms with van der Waals surface area (Å²) in [4.78, 5) is 5.03. The van der Waals surface area contributed by atoms with Crippen molar-refractivity contribution < 1.29 is 16.9 Å². The van der Waals surface area contributed by atoms with Crippen molar-refractivity contribution in [2.75, 3.05) is 13.1 Å². The monoisotopic (exact) mass is 536 g/mol. The second kappa shape index (κ2) is 21.7. The van der Waals surface area contributed by atoms with Gasteiger partial charge in [-0.3, -0.25) is 4.48 Å². The summed E-state index contributed by atoms with van der Waals surface area (Å²) in [5.41, 5.74) is 2.45. The number of nitrogens with zero attached hydrogens (tertiary/aromatic N) is 2. The number of aliphatic imine (C=N–C) groups is 1. The average Bonchev–Trinajstić information content (AvgIpc) is 2.93. The Kier molecular flexibility index (Phi) is 19.4. The van der Waals surface area contributed by atoms with Gasteiger partial charge < -0.3 is 12.4 Å². The number of hydrogen-bond acceptors (Lipinski definition) is 1. The summed E-state index contributed by atoms with van der Waals surface area (Å²) in [7, 11) is 0. The number of unbranched alkanes of at least 4 members (excludes halogenated alkanes) is 9. The lowest BCUT2D eigenvalue weighted by molar-refractivity contribution is -0.861. The Balaban J connectivity index is 0.00000722. The number of quaternary nitrogens is 1. The highest BCUT2D eigenvalue weighted by Gasteiger charge is 2.34. The fourth-order valence-corrected chi connectivity index (χ4v) is 5.40. The Hall–Kier alpha value is -2.16. The van der Waals surface area contributed by atoms with Gasteiger partial charge >= 0.3 is 0 Å². The van der Waals surface area contributed by atoms with Gasteiger partial charge in [0.1, 0.15) is 6.04 Å². The van der Waals surface area contributed by atoms with Crippen molar-refractivity contribution in [2.24, 2.45) is 4.99 Å². The molecular formula is C35H53ClN2. The highest BCUT2D eigenvalue weighted by atomic mass is 35.5. The largest absolute Gasteiger partial charge is 1.00 e. The van der Waals surface area contributed by atoms with Crippen LogP contribution in [0, 0.1) is 0 Å². The molecular weight excluding hydrogens is 484 g/mol. The Morgan fingerprint density at radius 2 is 1.18 bits per heavy atom. The van der Waals surface area contributed by atoms with Gasteiger partial charge in [0.2, 0.25) is 0 Å². The second-order valence-corrected chi connectivity index (χ2v) is 10.6. The Bertz CT molecular complexity index is 854. The van der Waals surface area contributed by atoms with Crippen LogP contribution in [0.15, 0.2) is 91.0 Å². The zero-order valence-corrected chi connectivity index (χ0v) is 24.8. The molecule has 0 bridgehead atoms. The SMILES string of the molecule is C=CCC(CC=C)[N+](C=Nc1ccccc1)(CCCCCCCCCCCC)CCCc1ccccc1.[Cl-]. The zero-order chi connectivity index (χ0) is 26.4. The number of aryl methyl sites for hydroxylation is 1. The van der Waals surface area contributed by atoms with E-state index in [2.05, 4.69) is 99.2 Å². The van der Waals surface area contributed by atoms with Gasteiger partial charge in [0, 0.05) is 19.3 Å². The number of benzene rings is 2. The quantitative estimate of drug-likeness (QED) is 0.0494. The van der Waals surface area contributed by atoms with Crippen molar-refractivity contribution >= 4 is 12.0 Å². The smallest absolute Gasteiger partial charge is 0.190 e. The average molecular weight is 537 g/mol. The Morgan fingerprint density at radius 1 is 0.684 bits per heavy atom. The summed E-state index contributed by atoms with van der Waals surface area (Å²) in [6.45, 7) is 12.7. The van der Waals surface area contributed by atoms with Crippen LogP contribution in [0.4, 0.5) is 5.69 Å². The molecule has 0 saturated heterocycles. The van der Waals surface area contributed by atoms with Crippen LogP contribution in [0.25, 0.3) is 0 Å². The zero-order valence-electron chi connectivity index (χ0n) is 24.1. The molecule has 0 spiro atoms. The minimum absolute atomic E-state index is 0. The first-order valence-corrected chi connectivity index (χ1v) is 15.0. The van der Waals surface area contributed by atoms with E-state index in [9.17, 15) is 0 Å². The molecule has 3 heteroatoms. The van der Waals surface area contributed by atoms with E-state index in [0.717, 1.165) is 48.9 Å². The maximum Gasteiger partial charge on any atom is 0.190 e. The molecule has 2 rings (SSSR count). The molecule has 0 aromatic heterocycles. The van der Waals surface area contributed by atoms with E-state index in [1.54, 1.807) is 0 Å². The molecule has 0 aliphatic heterocycles. The highest BCUT2D eigenvalue weighted by Crippen LogP contribution is 2.25.